The van der Waals surface area contributed by atoms with Crippen LogP contribution < -0.4 is 14.4 Å². The fraction of sp³-hybridized carbons (Fsp3) is 0.545. The van der Waals surface area contributed by atoms with Crippen molar-refractivity contribution in [2.45, 2.75) is 74.8 Å². The van der Waals surface area contributed by atoms with E-state index >= 15 is 0 Å². The second-order valence-electron chi connectivity index (χ2n) is 13.3. The van der Waals surface area contributed by atoms with E-state index in [4.69, 9.17) is 16.3 Å². The van der Waals surface area contributed by atoms with Crippen LogP contribution in [-0.4, -0.2) is 56.7 Å². The maximum Gasteiger partial charge on any atom is 0.390 e. The van der Waals surface area contributed by atoms with Crippen LogP contribution in [0.4, 0.5) is 18.9 Å². The first-order valence-corrected chi connectivity index (χ1v) is 17.5. The Balaban J connectivity index is 1.42. The third-order valence-corrected chi connectivity index (χ3v) is 12.3. The monoisotopic (exact) mass is 666 g/mol. The number of hydrogen-bond acceptors (Lipinski definition) is 6. The van der Waals surface area contributed by atoms with Crippen molar-refractivity contribution in [3.63, 3.8) is 0 Å². The number of amides is 1. The third-order valence-electron chi connectivity index (χ3n) is 10.2. The molecule has 1 spiro atoms. The van der Waals surface area contributed by atoms with E-state index in [2.05, 4.69) is 11.0 Å². The minimum Gasteiger partial charge on any atom is -0.490 e. The summed E-state index contributed by atoms with van der Waals surface area (Å²) in [6.07, 6.45) is 0.369. The molecule has 2 aliphatic heterocycles. The number of hydrogen-bond donors (Lipinski definition) is 2. The second kappa shape index (κ2) is 12.1. The molecule has 45 heavy (non-hydrogen) atoms. The fourth-order valence-electron chi connectivity index (χ4n) is 7.65. The molecule has 244 valence electrons. The van der Waals surface area contributed by atoms with Gasteiger partial charge in [0.15, 0.2) is 0 Å². The normalized spacial score (nSPS) is 32.3. The highest BCUT2D eigenvalue weighted by atomic mass is 35.5. The van der Waals surface area contributed by atoms with Gasteiger partial charge in [-0.1, -0.05) is 36.7 Å². The zero-order chi connectivity index (χ0) is 32.1. The summed E-state index contributed by atoms with van der Waals surface area (Å²) in [5.74, 6) is -1.36. The van der Waals surface area contributed by atoms with Crippen LogP contribution in [0, 0.1) is 17.8 Å². The number of aryl methyl sites for hydroxylation is 1. The Labute approximate surface area is 266 Å². The van der Waals surface area contributed by atoms with Gasteiger partial charge < -0.3 is 14.7 Å². The molecular formula is C33H38ClF3N2O5S. The summed E-state index contributed by atoms with van der Waals surface area (Å²) in [5, 5.41) is 9.88. The van der Waals surface area contributed by atoms with Gasteiger partial charge in [0.1, 0.15) is 5.75 Å². The van der Waals surface area contributed by atoms with Gasteiger partial charge in [-0.15, -0.1) is 0 Å². The number of fused-ring (bicyclic) bond motifs is 4. The number of anilines is 1. The zero-order valence-corrected chi connectivity index (χ0v) is 26.6. The van der Waals surface area contributed by atoms with E-state index in [1.165, 1.54) is 24.1 Å². The Morgan fingerprint density at radius 2 is 1.98 bits per heavy atom. The van der Waals surface area contributed by atoms with E-state index in [1.54, 1.807) is 24.3 Å². The molecule has 2 bridgehead atoms. The first kappa shape index (κ1) is 32.2. The molecule has 0 saturated heterocycles. The molecule has 2 heterocycles. The van der Waals surface area contributed by atoms with Gasteiger partial charge in [-0.25, -0.2) is 13.1 Å². The summed E-state index contributed by atoms with van der Waals surface area (Å²) < 4.78 is 75.6. The van der Waals surface area contributed by atoms with Crippen LogP contribution in [0.2, 0.25) is 5.02 Å². The van der Waals surface area contributed by atoms with Crippen molar-refractivity contribution in [2.75, 3.05) is 24.6 Å². The topological polar surface area (TPSA) is 95.9 Å². The van der Waals surface area contributed by atoms with Crippen molar-refractivity contribution in [2.24, 2.45) is 17.8 Å². The number of nitrogens with zero attached hydrogens (tertiary/aromatic N) is 1. The third kappa shape index (κ3) is 6.58. The molecule has 1 fully saturated rings. The number of aliphatic hydroxyl groups excluding tert-OH is 1. The largest absolute Gasteiger partial charge is 0.490 e. The maximum absolute atomic E-state index is 13.5. The van der Waals surface area contributed by atoms with Crippen LogP contribution in [0.5, 0.6) is 5.75 Å². The van der Waals surface area contributed by atoms with Crippen molar-refractivity contribution >= 4 is 33.2 Å². The lowest BCUT2D eigenvalue weighted by Gasteiger charge is -2.45. The number of benzene rings is 2. The SMILES string of the molecule is C[C@H]1C/C=C\[C@@H](O)[C@@H]2CC[C@H]2CN2C[C@@]3(CCCc4cc(Cl)ccc43)COc3ccc(cc32)C(=O)NS(=O)(=O)[C@@H]1CC(F)(F)F. The number of aliphatic hydroxyl groups is 1. The van der Waals surface area contributed by atoms with Gasteiger partial charge in [-0.3, -0.25) is 4.79 Å². The number of sulfonamides is 1. The van der Waals surface area contributed by atoms with Crippen LogP contribution in [-0.2, 0) is 21.9 Å². The molecule has 2 N–H and O–H groups in total. The van der Waals surface area contributed by atoms with Crippen LogP contribution in [0.15, 0.2) is 48.6 Å². The number of carbonyl (C=O) groups excluding carboxylic acids is 1. The Bertz CT molecular complexity index is 1600. The average molecular weight is 667 g/mol. The quantitative estimate of drug-likeness (QED) is 0.353. The highest BCUT2D eigenvalue weighted by Crippen LogP contribution is 2.47. The molecule has 1 amide bonds. The highest BCUT2D eigenvalue weighted by Gasteiger charge is 2.45. The molecule has 2 aliphatic carbocycles. The molecule has 12 heteroatoms. The number of ether oxygens (including phenoxy) is 1. The van der Waals surface area contributed by atoms with E-state index in [0.717, 1.165) is 32.1 Å². The lowest BCUT2D eigenvalue weighted by molar-refractivity contribution is -0.136. The fourth-order valence-corrected chi connectivity index (χ4v) is 9.50. The van der Waals surface area contributed by atoms with E-state index in [0.29, 0.717) is 36.2 Å². The maximum atomic E-state index is 13.5. The van der Waals surface area contributed by atoms with Crippen molar-refractivity contribution in [3.8, 4) is 5.75 Å². The van der Waals surface area contributed by atoms with Gasteiger partial charge in [0.25, 0.3) is 5.91 Å². The molecule has 6 rings (SSSR count). The standard InChI is InChI=1S/C33H38ClF3N2O5S/c1-20-4-2-6-28(40)25-10-7-23(25)17-39-18-32(13-3-5-21-14-24(34)9-11-26(21)32)19-44-29-12-8-22(15-27(29)39)31(41)38-45(42,43)30(20)16-33(35,36)37/h2,6,8-9,11-12,14-15,20,23,25,28,30,40H,3-5,7,10,13,16-19H2,1H3,(H,38,41)/b6-2-/t20-,23-,25+,28+,30+,32-/m0/s1. The Morgan fingerprint density at radius 1 is 1.18 bits per heavy atom. The van der Waals surface area contributed by atoms with E-state index in [1.807, 2.05) is 16.9 Å². The molecule has 1 saturated carbocycles. The van der Waals surface area contributed by atoms with E-state index < -0.39 is 45.8 Å². The number of alkyl halides is 3. The predicted molar refractivity (Wildman–Crippen MR) is 166 cm³/mol. The molecular weight excluding hydrogens is 629 g/mol. The Hall–Kier alpha value is -2.76. The number of halogens is 4. The summed E-state index contributed by atoms with van der Waals surface area (Å²) in [7, 11) is -4.73. The number of carbonyl (C=O) groups is 1. The first-order valence-electron chi connectivity index (χ1n) is 15.5. The Morgan fingerprint density at radius 3 is 2.71 bits per heavy atom. The summed E-state index contributed by atoms with van der Waals surface area (Å²) in [6.45, 7) is 2.96. The van der Waals surface area contributed by atoms with E-state index in [-0.39, 0.29) is 29.2 Å². The van der Waals surface area contributed by atoms with Crippen LogP contribution in [0.3, 0.4) is 0 Å². The van der Waals surface area contributed by atoms with Crippen molar-refractivity contribution in [1.82, 2.24) is 4.72 Å². The molecule has 0 aromatic heterocycles. The number of rotatable bonds is 1. The smallest absolute Gasteiger partial charge is 0.390 e. The van der Waals surface area contributed by atoms with E-state index in [9.17, 15) is 31.5 Å². The minimum absolute atomic E-state index is 0.00144. The summed E-state index contributed by atoms with van der Waals surface area (Å²) in [5.41, 5.74) is 2.59. The van der Waals surface area contributed by atoms with Crippen molar-refractivity contribution in [3.05, 3.63) is 70.3 Å². The van der Waals surface area contributed by atoms with Crippen LogP contribution in [0.25, 0.3) is 0 Å². The Kier molecular flexibility index (Phi) is 8.67. The summed E-state index contributed by atoms with van der Waals surface area (Å²) >= 11 is 6.35. The van der Waals surface area contributed by atoms with Gasteiger partial charge in [0.05, 0.1) is 30.1 Å². The number of allylic oxidation sites excluding steroid dienone is 1. The van der Waals surface area contributed by atoms with Gasteiger partial charge in [-0.2, -0.15) is 13.2 Å². The second-order valence-corrected chi connectivity index (χ2v) is 15.6. The van der Waals surface area contributed by atoms with Crippen molar-refractivity contribution in [1.29, 1.82) is 0 Å². The van der Waals surface area contributed by atoms with Gasteiger partial charge in [-0.05, 0) is 97.7 Å². The van der Waals surface area contributed by atoms with Gasteiger partial charge in [0.2, 0.25) is 10.0 Å². The lowest BCUT2D eigenvalue weighted by Crippen LogP contribution is -2.49. The molecule has 2 aromatic rings. The van der Waals surface area contributed by atoms with Gasteiger partial charge >= 0.3 is 6.18 Å². The van der Waals surface area contributed by atoms with Crippen molar-refractivity contribution < 1.29 is 36.2 Å². The molecule has 7 nitrogen and oxygen atoms in total. The molecule has 4 aliphatic rings. The molecule has 0 radical (unpaired) electrons. The van der Waals surface area contributed by atoms with Gasteiger partial charge in [0, 0.05) is 29.1 Å². The number of nitrogens with one attached hydrogen (secondary N) is 1. The summed E-state index contributed by atoms with van der Waals surface area (Å²) in [4.78, 5) is 15.6. The molecule has 2 aromatic carbocycles. The lowest BCUT2D eigenvalue weighted by atomic mass is 9.68. The van der Waals surface area contributed by atoms with Crippen LogP contribution >= 0.6 is 11.6 Å². The molecule has 0 unspecified atom stereocenters. The first-order chi connectivity index (χ1) is 21.2. The predicted octanol–water partition coefficient (Wildman–Crippen LogP) is 6.18. The molecule has 6 atom stereocenters. The summed E-state index contributed by atoms with van der Waals surface area (Å²) in [6, 6.07) is 10.6. The minimum atomic E-state index is -4.76. The zero-order valence-electron chi connectivity index (χ0n) is 25.0. The average Bonchev–Trinajstić information content (AvgIpc) is 3.09. The van der Waals surface area contributed by atoms with Crippen LogP contribution in [0.1, 0.15) is 66.9 Å². The highest BCUT2D eigenvalue weighted by molar-refractivity contribution is 7.90.